The van der Waals surface area contributed by atoms with Crippen molar-refractivity contribution in [3.05, 3.63) is 11.6 Å². The lowest BCUT2D eigenvalue weighted by Crippen LogP contribution is -2.41. The first-order chi connectivity index (χ1) is 7.67. The van der Waals surface area contributed by atoms with E-state index >= 15 is 0 Å². The van der Waals surface area contributed by atoms with Crippen LogP contribution in [0.3, 0.4) is 0 Å². The van der Waals surface area contributed by atoms with Gasteiger partial charge in [0.1, 0.15) is 0 Å². The molecule has 3 nitrogen and oxygen atoms in total. The molecule has 0 heterocycles. The first-order valence-corrected chi connectivity index (χ1v) is 6.23. The van der Waals surface area contributed by atoms with Gasteiger partial charge in [-0.15, -0.1) is 0 Å². The van der Waals surface area contributed by atoms with Crippen LogP contribution < -0.4 is 0 Å². The molecule has 0 spiro atoms. The van der Waals surface area contributed by atoms with Crippen molar-refractivity contribution < 1.29 is 14.3 Å². The maximum Gasteiger partial charge on any atom is 0.305 e. The number of ether oxygens (including phenoxy) is 2. The molecule has 0 rings (SSSR count). The second kappa shape index (κ2) is 7.24. The van der Waals surface area contributed by atoms with Gasteiger partial charge in [-0.1, -0.05) is 48.7 Å². The van der Waals surface area contributed by atoms with Crippen LogP contribution in [0.4, 0.5) is 0 Å². The summed E-state index contributed by atoms with van der Waals surface area (Å²) in [5.41, 5.74) is 1.10. The zero-order chi connectivity index (χ0) is 13.6. The van der Waals surface area contributed by atoms with Crippen molar-refractivity contribution in [1.29, 1.82) is 0 Å². The summed E-state index contributed by atoms with van der Waals surface area (Å²) in [6.07, 6.45) is 0.889. The Labute approximate surface area is 113 Å². The van der Waals surface area contributed by atoms with E-state index in [9.17, 15) is 4.79 Å². The highest BCUT2D eigenvalue weighted by molar-refractivity contribution is 6.49. The van der Waals surface area contributed by atoms with E-state index in [0.717, 1.165) is 5.57 Å². The van der Waals surface area contributed by atoms with E-state index in [-0.39, 0.29) is 5.92 Å². The molecule has 0 aliphatic rings. The van der Waals surface area contributed by atoms with Gasteiger partial charge in [0.25, 0.3) is 0 Å². The fourth-order valence-corrected chi connectivity index (χ4v) is 1.16. The summed E-state index contributed by atoms with van der Waals surface area (Å²) < 4.78 is 9.15. The van der Waals surface area contributed by atoms with Crippen molar-refractivity contribution in [3.8, 4) is 0 Å². The van der Waals surface area contributed by atoms with Gasteiger partial charge in [-0.05, 0) is 19.8 Å². The molecule has 100 valence electrons. The van der Waals surface area contributed by atoms with Gasteiger partial charge in [0.2, 0.25) is 6.29 Å². The zero-order valence-electron chi connectivity index (χ0n) is 10.9. The third kappa shape index (κ3) is 6.29. The molecule has 0 fully saturated rings. The van der Waals surface area contributed by atoms with Crippen LogP contribution in [-0.2, 0) is 14.3 Å². The van der Waals surface area contributed by atoms with Crippen LogP contribution in [0, 0.1) is 5.92 Å². The molecule has 0 N–H and O–H groups in total. The Balaban J connectivity index is 4.64. The van der Waals surface area contributed by atoms with Crippen molar-refractivity contribution in [3.63, 3.8) is 0 Å². The quantitative estimate of drug-likeness (QED) is 0.323. The molecule has 0 aliphatic heterocycles. The van der Waals surface area contributed by atoms with E-state index in [1.165, 1.54) is 6.92 Å². The van der Waals surface area contributed by atoms with Crippen LogP contribution in [-0.4, -0.2) is 23.2 Å². The standard InChI is InChI=1S/C12H20Cl2O3/c1-8(2)6-7-16-11(17-10(5)15)12(13,14)9(3)4/h6,9,11H,7H2,1-5H3. The van der Waals surface area contributed by atoms with Gasteiger partial charge in [0, 0.05) is 6.92 Å². The lowest BCUT2D eigenvalue weighted by atomic mass is 10.1. The highest BCUT2D eigenvalue weighted by Gasteiger charge is 2.41. The summed E-state index contributed by atoms with van der Waals surface area (Å²) >= 11 is 12.3. The molecule has 0 bridgehead atoms. The van der Waals surface area contributed by atoms with Crippen molar-refractivity contribution in [2.45, 2.75) is 45.2 Å². The first kappa shape index (κ1) is 16.8. The summed E-state index contributed by atoms with van der Waals surface area (Å²) in [5.74, 6) is -0.583. The van der Waals surface area contributed by atoms with Gasteiger partial charge in [0.15, 0.2) is 4.33 Å². The molecule has 0 aromatic rings. The Morgan fingerprint density at radius 3 is 2.18 bits per heavy atom. The second-order valence-electron chi connectivity index (χ2n) is 4.39. The highest BCUT2D eigenvalue weighted by atomic mass is 35.5. The average molecular weight is 283 g/mol. The number of carbonyl (C=O) groups excluding carboxylic acids is 1. The van der Waals surface area contributed by atoms with Crippen LogP contribution in [0.25, 0.3) is 0 Å². The van der Waals surface area contributed by atoms with E-state index in [1.807, 2.05) is 33.8 Å². The number of hydrogen-bond acceptors (Lipinski definition) is 3. The number of carbonyl (C=O) groups is 1. The predicted octanol–water partition coefficient (Wildman–Crippen LogP) is 3.69. The van der Waals surface area contributed by atoms with Crippen LogP contribution in [0.1, 0.15) is 34.6 Å². The molecule has 0 amide bonds. The predicted molar refractivity (Wildman–Crippen MR) is 70.2 cm³/mol. The minimum Gasteiger partial charge on any atom is -0.433 e. The fourth-order valence-electron chi connectivity index (χ4n) is 0.949. The summed E-state index contributed by atoms with van der Waals surface area (Å²) in [4.78, 5) is 11.0. The van der Waals surface area contributed by atoms with E-state index in [4.69, 9.17) is 32.7 Å². The molecule has 0 saturated heterocycles. The number of alkyl halides is 2. The van der Waals surface area contributed by atoms with E-state index < -0.39 is 16.6 Å². The van der Waals surface area contributed by atoms with Gasteiger partial charge < -0.3 is 9.47 Å². The fraction of sp³-hybridized carbons (Fsp3) is 0.750. The monoisotopic (exact) mass is 282 g/mol. The van der Waals surface area contributed by atoms with Crippen LogP contribution in [0.5, 0.6) is 0 Å². The maximum absolute atomic E-state index is 11.0. The van der Waals surface area contributed by atoms with Crippen molar-refractivity contribution in [2.24, 2.45) is 5.92 Å². The average Bonchev–Trinajstić information content (AvgIpc) is 2.14. The summed E-state index contributed by atoms with van der Waals surface area (Å²) in [5, 5.41) is 0. The Hall–Kier alpha value is -0.250. The zero-order valence-corrected chi connectivity index (χ0v) is 12.4. The molecule has 0 saturated carbocycles. The number of halogens is 2. The Morgan fingerprint density at radius 2 is 1.82 bits per heavy atom. The molecule has 1 unspecified atom stereocenters. The lowest BCUT2D eigenvalue weighted by Gasteiger charge is -2.31. The molecular weight excluding hydrogens is 263 g/mol. The molecule has 17 heavy (non-hydrogen) atoms. The van der Waals surface area contributed by atoms with Crippen molar-refractivity contribution in [1.82, 2.24) is 0 Å². The largest absolute Gasteiger partial charge is 0.433 e. The molecule has 0 aliphatic carbocycles. The molecular formula is C12H20Cl2O3. The van der Waals surface area contributed by atoms with Crippen LogP contribution >= 0.6 is 23.2 Å². The Morgan fingerprint density at radius 1 is 1.29 bits per heavy atom. The summed E-state index contributed by atoms with van der Waals surface area (Å²) in [7, 11) is 0. The Bertz CT molecular complexity index is 281. The summed E-state index contributed by atoms with van der Waals surface area (Å²) in [6, 6.07) is 0. The molecule has 0 aromatic heterocycles. The van der Waals surface area contributed by atoms with Crippen LogP contribution in [0.2, 0.25) is 0 Å². The molecule has 0 aromatic carbocycles. The maximum atomic E-state index is 11.0. The number of esters is 1. The second-order valence-corrected chi connectivity index (χ2v) is 5.83. The smallest absolute Gasteiger partial charge is 0.305 e. The van der Waals surface area contributed by atoms with E-state index in [2.05, 4.69) is 0 Å². The molecule has 1 atom stereocenters. The molecule has 5 heteroatoms. The normalized spacial score (nSPS) is 13.4. The topological polar surface area (TPSA) is 35.5 Å². The van der Waals surface area contributed by atoms with E-state index in [0.29, 0.717) is 6.61 Å². The van der Waals surface area contributed by atoms with Crippen LogP contribution in [0.15, 0.2) is 11.6 Å². The third-order valence-electron chi connectivity index (χ3n) is 2.10. The van der Waals surface area contributed by atoms with Gasteiger partial charge in [-0.25, -0.2) is 0 Å². The third-order valence-corrected chi connectivity index (χ3v) is 3.33. The highest BCUT2D eigenvalue weighted by Crippen LogP contribution is 2.36. The SMILES string of the molecule is CC(=O)OC(OCC=C(C)C)C(Cl)(Cl)C(C)C. The first-order valence-electron chi connectivity index (χ1n) is 5.48. The van der Waals surface area contributed by atoms with Gasteiger partial charge in [-0.3, -0.25) is 4.79 Å². The van der Waals surface area contributed by atoms with Gasteiger partial charge in [0.05, 0.1) is 6.61 Å². The number of rotatable bonds is 6. The number of hydrogen-bond donors (Lipinski definition) is 0. The lowest BCUT2D eigenvalue weighted by molar-refractivity contribution is -0.179. The van der Waals surface area contributed by atoms with Gasteiger partial charge in [-0.2, -0.15) is 0 Å². The minimum atomic E-state index is -1.26. The molecule has 0 radical (unpaired) electrons. The van der Waals surface area contributed by atoms with E-state index in [1.54, 1.807) is 0 Å². The number of allylic oxidation sites excluding steroid dienone is 1. The van der Waals surface area contributed by atoms with Crippen molar-refractivity contribution in [2.75, 3.05) is 6.61 Å². The van der Waals surface area contributed by atoms with Crippen molar-refractivity contribution >= 4 is 29.2 Å². The summed E-state index contributed by atoms with van der Waals surface area (Å²) in [6.45, 7) is 9.15. The Kier molecular flexibility index (Phi) is 7.14. The minimum absolute atomic E-state index is 0.109. The van der Waals surface area contributed by atoms with Gasteiger partial charge >= 0.3 is 5.97 Å².